The molecule has 1 amide bonds. The first-order valence-corrected chi connectivity index (χ1v) is 10.2. The van der Waals surface area contributed by atoms with Crippen LogP contribution in [0.2, 0.25) is 0 Å². The van der Waals surface area contributed by atoms with Crippen molar-refractivity contribution in [3.8, 4) is 11.1 Å². The molecular formula is C18H22N6O3S. The Morgan fingerprint density at radius 3 is 2.50 bits per heavy atom. The number of sulfonamides is 1. The van der Waals surface area contributed by atoms with E-state index in [9.17, 15) is 13.2 Å². The summed E-state index contributed by atoms with van der Waals surface area (Å²) in [4.78, 5) is 21.4. The van der Waals surface area contributed by atoms with E-state index in [0.29, 0.717) is 28.8 Å². The highest BCUT2D eigenvalue weighted by molar-refractivity contribution is 7.90. The Hall–Kier alpha value is -3.01. The van der Waals surface area contributed by atoms with Crippen LogP contribution >= 0.6 is 0 Å². The highest BCUT2D eigenvalue weighted by Crippen LogP contribution is 2.31. The molecule has 0 atom stereocenters. The highest BCUT2D eigenvalue weighted by atomic mass is 32.2. The molecule has 148 valence electrons. The summed E-state index contributed by atoms with van der Waals surface area (Å²) in [6.45, 7) is 1.35. The van der Waals surface area contributed by atoms with E-state index in [0.717, 1.165) is 12.8 Å². The first kappa shape index (κ1) is 19.7. The number of benzene rings is 1. The van der Waals surface area contributed by atoms with Crippen molar-refractivity contribution in [3.63, 3.8) is 0 Å². The van der Waals surface area contributed by atoms with E-state index in [-0.39, 0.29) is 10.8 Å². The molecule has 2 aromatic rings. The second-order valence-corrected chi connectivity index (χ2v) is 8.37. The fourth-order valence-corrected chi connectivity index (χ4v) is 3.59. The lowest BCUT2D eigenvalue weighted by atomic mass is 10.1. The number of amides is 1. The van der Waals surface area contributed by atoms with Crippen LogP contribution in [0.5, 0.6) is 0 Å². The van der Waals surface area contributed by atoms with E-state index < -0.39 is 10.0 Å². The summed E-state index contributed by atoms with van der Waals surface area (Å²) in [5, 5.41) is 5.78. The average molecular weight is 402 g/mol. The van der Waals surface area contributed by atoms with Gasteiger partial charge in [0.2, 0.25) is 11.9 Å². The Balaban J connectivity index is 2.02. The van der Waals surface area contributed by atoms with Crippen LogP contribution in [0, 0.1) is 0 Å². The van der Waals surface area contributed by atoms with Gasteiger partial charge in [-0.05, 0) is 25.0 Å². The number of nitrogens with zero attached hydrogens (tertiary/aromatic N) is 4. The van der Waals surface area contributed by atoms with Crippen LogP contribution in [-0.4, -0.2) is 55.7 Å². The molecule has 1 heterocycles. The summed E-state index contributed by atoms with van der Waals surface area (Å²) in [6, 6.07) is 5.03. The molecule has 3 rings (SSSR count). The molecule has 1 saturated carbocycles. The van der Waals surface area contributed by atoms with Gasteiger partial charge < -0.3 is 15.5 Å². The van der Waals surface area contributed by atoms with Crippen molar-refractivity contribution in [3.05, 3.63) is 30.6 Å². The van der Waals surface area contributed by atoms with Gasteiger partial charge in [-0.2, -0.15) is 8.42 Å². The number of rotatable bonds is 7. The molecule has 1 aliphatic carbocycles. The molecule has 0 radical (unpaired) electrons. The van der Waals surface area contributed by atoms with E-state index in [1.165, 1.54) is 24.2 Å². The molecule has 1 aromatic carbocycles. The zero-order valence-electron chi connectivity index (χ0n) is 15.9. The molecule has 9 nitrogen and oxygen atoms in total. The molecule has 0 bridgehead atoms. The van der Waals surface area contributed by atoms with Gasteiger partial charge in [0.15, 0.2) is 0 Å². The van der Waals surface area contributed by atoms with Crippen molar-refractivity contribution >= 4 is 33.9 Å². The smallest absolute Gasteiger partial charge is 0.284 e. The average Bonchev–Trinajstić information content (AvgIpc) is 3.44. The number of carbonyl (C=O) groups excluding carboxylic acids is 1. The molecular weight excluding hydrogens is 380 g/mol. The minimum absolute atomic E-state index is 0.0386. The van der Waals surface area contributed by atoms with Gasteiger partial charge in [-0.3, -0.25) is 4.79 Å². The van der Waals surface area contributed by atoms with Crippen LogP contribution < -0.4 is 10.6 Å². The maximum Gasteiger partial charge on any atom is 0.284 e. The fourth-order valence-electron chi connectivity index (χ4n) is 2.42. The van der Waals surface area contributed by atoms with Crippen LogP contribution in [0.4, 0.5) is 11.6 Å². The zero-order valence-corrected chi connectivity index (χ0v) is 16.7. The SMILES string of the molecule is CC(=O)Nc1ccc(-c2cnc(NC3CC3)nc2)c(S(=O)(=O)/N=C/N(C)C)c1. The number of nitrogens with one attached hydrogen (secondary N) is 2. The Kier molecular flexibility index (Phi) is 5.59. The second-order valence-electron chi connectivity index (χ2n) is 6.77. The molecule has 0 spiro atoms. The van der Waals surface area contributed by atoms with E-state index >= 15 is 0 Å². The highest BCUT2D eigenvalue weighted by Gasteiger charge is 2.23. The van der Waals surface area contributed by atoms with Crippen LogP contribution in [0.3, 0.4) is 0 Å². The molecule has 1 aliphatic rings. The number of anilines is 2. The van der Waals surface area contributed by atoms with Crippen LogP contribution in [0.15, 0.2) is 39.9 Å². The van der Waals surface area contributed by atoms with Crippen molar-refractivity contribution in [1.29, 1.82) is 0 Å². The van der Waals surface area contributed by atoms with Gasteiger partial charge >= 0.3 is 0 Å². The summed E-state index contributed by atoms with van der Waals surface area (Å²) in [6.07, 6.45) is 6.55. The van der Waals surface area contributed by atoms with E-state index in [2.05, 4.69) is 25.0 Å². The fraction of sp³-hybridized carbons (Fsp3) is 0.333. The second kappa shape index (κ2) is 7.93. The lowest BCUT2D eigenvalue weighted by Gasteiger charge is -2.12. The van der Waals surface area contributed by atoms with Crippen molar-refractivity contribution in [2.45, 2.75) is 30.7 Å². The number of hydrogen-bond donors (Lipinski definition) is 2. The predicted octanol–water partition coefficient (Wildman–Crippen LogP) is 1.95. The third-order valence-corrected chi connectivity index (χ3v) is 5.14. The molecule has 10 heteroatoms. The van der Waals surface area contributed by atoms with Gasteiger partial charge in [0.05, 0.1) is 4.90 Å². The number of hydrogen-bond acceptors (Lipinski definition) is 6. The molecule has 28 heavy (non-hydrogen) atoms. The predicted molar refractivity (Wildman–Crippen MR) is 108 cm³/mol. The monoisotopic (exact) mass is 402 g/mol. The Morgan fingerprint density at radius 2 is 1.93 bits per heavy atom. The van der Waals surface area contributed by atoms with E-state index in [1.807, 2.05) is 0 Å². The minimum atomic E-state index is -4.01. The number of carbonyl (C=O) groups is 1. The van der Waals surface area contributed by atoms with Gasteiger partial charge in [0, 0.05) is 56.3 Å². The Labute approximate surface area is 164 Å². The normalized spacial score (nSPS) is 14.1. The minimum Gasteiger partial charge on any atom is -0.368 e. The molecule has 1 fully saturated rings. The summed E-state index contributed by atoms with van der Waals surface area (Å²) < 4.78 is 29.3. The standard InChI is InChI=1S/C18H22N6O3S/c1-12(25)22-15-6-7-16(17(8-15)28(26,27)21-11-24(2)3)13-9-19-18(20-10-13)23-14-4-5-14/h6-11,14H,4-5H2,1-3H3,(H,22,25)(H,19,20,23)/b21-11+. The van der Waals surface area contributed by atoms with Crippen molar-refractivity contribution in [2.24, 2.45) is 4.40 Å². The summed E-state index contributed by atoms with van der Waals surface area (Å²) in [5.74, 6) is 0.211. The molecule has 0 aliphatic heterocycles. The lowest BCUT2D eigenvalue weighted by molar-refractivity contribution is -0.114. The van der Waals surface area contributed by atoms with Gasteiger partial charge in [0.1, 0.15) is 6.34 Å². The van der Waals surface area contributed by atoms with Gasteiger partial charge in [-0.15, -0.1) is 4.40 Å². The van der Waals surface area contributed by atoms with Gasteiger partial charge in [0.25, 0.3) is 10.0 Å². The van der Waals surface area contributed by atoms with Crippen molar-refractivity contribution in [2.75, 3.05) is 24.7 Å². The third-order valence-electron chi connectivity index (χ3n) is 3.87. The summed E-state index contributed by atoms with van der Waals surface area (Å²) in [5.41, 5.74) is 1.31. The Bertz CT molecular complexity index is 998. The topological polar surface area (TPSA) is 117 Å². The molecule has 0 unspecified atom stereocenters. The van der Waals surface area contributed by atoms with Crippen LogP contribution in [0.1, 0.15) is 19.8 Å². The van der Waals surface area contributed by atoms with Gasteiger partial charge in [-0.1, -0.05) is 6.07 Å². The van der Waals surface area contributed by atoms with Crippen LogP contribution in [0.25, 0.3) is 11.1 Å². The third kappa shape index (κ3) is 5.03. The Morgan fingerprint density at radius 1 is 1.25 bits per heavy atom. The van der Waals surface area contributed by atoms with Crippen molar-refractivity contribution in [1.82, 2.24) is 14.9 Å². The van der Waals surface area contributed by atoms with E-state index in [4.69, 9.17) is 0 Å². The number of aromatic nitrogens is 2. The molecule has 0 saturated heterocycles. The quantitative estimate of drug-likeness (QED) is 0.537. The first-order chi connectivity index (χ1) is 13.2. The van der Waals surface area contributed by atoms with E-state index in [1.54, 1.807) is 38.6 Å². The maximum atomic E-state index is 12.8. The lowest BCUT2D eigenvalue weighted by Crippen LogP contribution is -2.11. The molecule has 1 aromatic heterocycles. The largest absolute Gasteiger partial charge is 0.368 e. The maximum absolute atomic E-state index is 12.8. The van der Waals surface area contributed by atoms with Crippen LogP contribution in [-0.2, 0) is 14.8 Å². The summed E-state index contributed by atoms with van der Waals surface area (Å²) >= 11 is 0. The molecule has 2 N–H and O–H groups in total. The van der Waals surface area contributed by atoms with Crippen molar-refractivity contribution < 1.29 is 13.2 Å². The van der Waals surface area contributed by atoms with Gasteiger partial charge in [-0.25, -0.2) is 9.97 Å². The summed E-state index contributed by atoms with van der Waals surface area (Å²) in [7, 11) is -0.659. The zero-order chi connectivity index (χ0) is 20.3. The first-order valence-electron chi connectivity index (χ1n) is 8.72.